The summed E-state index contributed by atoms with van der Waals surface area (Å²) in [6.07, 6.45) is 1.14. The number of benzene rings is 1. The average molecular weight is 255 g/mol. The maximum absolute atomic E-state index is 5.85. The van der Waals surface area contributed by atoms with E-state index < -0.39 is 0 Å². The second kappa shape index (κ2) is 4.43. The van der Waals surface area contributed by atoms with Gasteiger partial charge in [-0.2, -0.15) is 0 Å². The number of hydrogen-bond acceptors (Lipinski definition) is 2. The van der Waals surface area contributed by atoms with E-state index in [1.165, 1.54) is 5.56 Å². The van der Waals surface area contributed by atoms with Gasteiger partial charge in [0.05, 0.1) is 0 Å². The van der Waals surface area contributed by atoms with Crippen molar-refractivity contribution in [1.29, 1.82) is 0 Å². The van der Waals surface area contributed by atoms with Crippen molar-refractivity contribution < 1.29 is 0 Å². The Hall–Kier alpha value is -0.380. The molecule has 0 bridgehead atoms. The van der Waals surface area contributed by atoms with Crippen molar-refractivity contribution in [2.75, 3.05) is 13.1 Å². The summed E-state index contributed by atoms with van der Waals surface area (Å²) in [6, 6.07) is 8.88. The molecule has 0 saturated carbocycles. The molecule has 2 nitrogen and oxygen atoms in total. The lowest BCUT2D eigenvalue weighted by Gasteiger charge is -2.14. The van der Waals surface area contributed by atoms with Gasteiger partial charge in [-0.3, -0.25) is 4.90 Å². The van der Waals surface area contributed by atoms with Crippen molar-refractivity contribution in [1.82, 2.24) is 4.90 Å². The van der Waals surface area contributed by atoms with Crippen LogP contribution in [-0.2, 0) is 6.54 Å². The van der Waals surface area contributed by atoms with E-state index in [9.17, 15) is 0 Å². The van der Waals surface area contributed by atoms with Crippen LogP contribution in [0.25, 0.3) is 0 Å². The number of hydrogen-bond donors (Lipinski definition) is 1. The SMILES string of the molecule is N[C@H]1CCN(Cc2ccc(Br)cc2)C1. The second-order valence-electron chi connectivity index (χ2n) is 3.91. The van der Waals surface area contributed by atoms with E-state index in [-0.39, 0.29) is 0 Å². The quantitative estimate of drug-likeness (QED) is 0.875. The molecule has 1 aromatic carbocycles. The van der Waals surface area contributed by atoms with Crippen LogP contribution in [0.3, 0.4) is 0 Å². The Bertz CT molecular complexity index is 297. The van der Waals surface area contributed by atoms with Crippen LogP contribution < -0.4 is 5.73 Å². The summed E-state index contributed by atoms with van der Waals surface area (Å²) in [4.78, 5) is 2.41. The summed E-state index contributed by atoms with van der Waals surface area (Å²) in [5.74, 6) is 0. The molecule has 0 spiro atoms. The van der Waals surface area contributed by atoms with Crippen LogP contribution in [-0.4, -0.2) is 24.0 Å². The summed E-state index contributed by atoms with van der Waals surface area (Å²) in [5, 5.41) is 0. The van der Waals surface area contributed by atoms with Gasteiger partial charge >= 0.3 is 0 Å². The maximum atomic E-state index is 5.85. The summed E-state index contributed by atoms with van der Waals surface area (Å²) in [5.41, 5.74) is 7.22. The molecule has 0 unspecified atom stereocenters. The number of halogens is 1. The molecule has 14 heavy (non-hydrogen) atoms. The predicted molar refractivity (Wildman–Crippen MR) is 62.0 cm³/mol. The van der Waals surface area contributed by atoms with Gasteiger partial charge < -0.3 is 5.73 Å². The zero-order chi connectivity index (χ0) is 9.97. The first-order chi connectivity index (χ1) is 6.74. The van der Waals surface area contributed by atoms with E-state index >= 15 is 0 Å². The number of likely N-dealkylation sites (tertiary alicyclic amines) is 1. The van der Waals surface area contributed by atoms with Crippen LogP contribution in [0.1, 0.15) is 12.0 Å². The Kier molecular flexibility index (Phi) is 3.21. The molecule has 1 aliphatic rings. The lowest BCUT2D eigenvalue weighted by Crippen LogP contribution is -2.26. The van der Waals surface area contributed by atoms with Crippen molar-refractivity contribution >= 4 is 15.9 Å². The Labute approximate surface area is 93.2 Å². The minimum absolute atomic E-state index is 0.380. The molecule has 0 radical (unpaired) electrons. The van der Waals surface area contributed by atoms with Crippen molar-refractivity contribution in [3.8, 4) is 0 Å². The maximum Gasteiger partial charge on any atom is 0.0234 e. The molecule has 1 aromatic rings. The highest BCUT2D eigenvalue weighted by molar-refractivity contribution is 9.10. The fourth-order valence-electron chi connectivity index (χ4n) is 1.85. The summed E-state index contributed by atoms with van der Waals surface area (Å²) < 4.78 is 1.14. The van der Waals surface area contributed by atoms with Crippen molar-refractivity contribution in [2.24, 2.45) is 5.73 Å². The fraction of sp³-hybridized carbons (Fsp3) is 0.455. The third-order valence-corrected chi connectivity index (χ3v) is 3.16. The van der Waals surface area contributed by atoms with Gasteiger partial charge in [0, 0.05) is 30.1 Å². The highest BCUT2D eigenvalue weighted by Gasteiger charge is 2.18. The van der Waals surface area contributed by atoms with Crippen LogP contribution in [0.5, 0.6) is 0 Å². The summed E-state index contributed by atoms with van der Waals surface area (Å²) >= 11 is 3.43. The molecule has 3 heteroatoms. The molecule has 2 rings (SSSR count). The molecule has 0 amide bonds. The zero-order valence-electron chi connectivity index (χ0n) is 8.12. The monoisotopic (exact) mass is 254 g/mol. The Balaban J connectivity index is 1.94. The van der Waals surface area contributed by atoms with Gasteiger partial charge in [0.25, 0.3) is 0 Å². The zero-order valence-corrected chi connectivity index (χ0v) is 9.70. The van der Waals surface area contributed by atoms with Gasteiger partial charge in [-0.15, -0.1) is 0 Å². The molecule has 76 valence electrons. The average Bonchev–Trinajstić information content (AvgIpc) is 2.56. The number of nitrogens with two attached hydrogens (primary N) is 1. The highest BCUT2D eigenvalue weighted by Crippen LogP contribution is 2.15. The Morgan fingerprint density at radius 3 is 2.64 bits per heavy atom. The van der Waals surface area contributed by atoms with E-state index in [2.05, 4.69) is 45.1 Å². The molecule has 1 aliphatic heterocycles. The van der Waals surface area contributed by atoms with Crippen LogP contribution in [0.2, 0.25) is 0 Å². The van der Waals surface area contributed by atoms with E-state index in [0.29, 0.717) is 6.04 Å². The number of nitrogens with zero attached hydrogens (tertiary/aromatic N) is 1. The standard InChI is InChI=1S/C11H15BrN2/c12-10-3-1-9(2-4-10)7-14-6-5-11(13)8-14/h1-4,11H,5-8,13H2/t11-/m0/s1. The summed E-state index contributed by atoms with van der Waals surface area (Å²) in [6.45, 7) is 3.20. The molecule has 1 saturated heterocycles. The van der Waals surface area contributed by atoms with Crippen LogP contribution in [0, 0.1) is 0 Å². The second-order valence-corrected chi connectivity index (χ2v) is 4.83. The molecule has 1 fully saturated rings. The largest absolute Gasteiger partial charge is 0.326 e. The van der Waals surface area contributed by atoms with Gasteiger partial charge in [-0.25, -0.2) is 0 Å². The smallest absolute Gasteiger partial charge is 0.0234 e. The third-order valence-electron chi connectivity index (χ3n) is 2.63. The Morgan fingerprint density at radius 2 is 2.07 bits per heavy atom. The van der Waals surface area contributed by atoms with E-state index in [4.69, 9.17) is 5.73 Å². The fourth-order valence-corrected chi connectivity index (χ4v) is 2.12. The molecule has 1 atom stereocenters. The third kappa shape index (κ3) is 2.56. The molecular formula is C11H15BrN2. The first-order valence-corrected chi connectivity index (χ1v) is 5.76. The molecular weight excluding hydrogens is 240 g/mol. The van der Waals surface area contributed by atoms with Crippen LogP contribution in [0.15, 0.2) is 28.7 Å². The van der Waals surface area contributed by atoms with Gasteiger partial charge in [0.15, 0.2) is 0 Å². The van der Waals surface area contributed by atoms with Crippen molar-refractivity contribution in [2.45, 2.75) is 19.0 Å². The van der Waals surface area contributed by atoms with E-state index in [1.54, 1.807) is 0 Å². The first kappa shape index (κ1) is 10.1. The van der Waals surface area contributed by atoms with Crippen molar-refractivity contribution in [3.05, 3.63) is 34.3 Å². The van der Waals surface area contributed by atoms with E-state index in [0.717, 1.165) is 30.5 Å². The topological polar surface area (TPSA) is 29.3 Å². The molecule has 0 aromatic heterocycles. The van der Waals surface area contributed by atoms with Crippen LogP contribution >= 0.6 is 15.9 Å². The summed E-state index contributed by atoms with van der Waals surface area (Å²) in [7, 11) is 0. The lowest BCUT2D eigenvalue weighted by atomic mass is 10.2. The van der Waals surface area contributed by atoms with Crippen LogP contribution in [0.4, 0.5) is 0 Å². The van der Waals surface area contributed by atoms with Gasteiger partial charge in [-0.1, -0.05) is 28.1 Å². The molecule has 0 aliphatic carbocycles. The minimum atomic E-state index is 0.380. The van der Waals surface area contributed by atoms with E-state index in [1.807, 2.05) is 0 Å². The molecule has 2 N–H and O–H groups in total. The normalized spacial score (nSPS) is 22.9. The lowest BCUT2D eigenvalue weighted by molar-refractivity contribution is 0.327. The van der Waals surface area contributed by atoms with Crippen molar-refractivity contribution in [3.63, 3.8) is 0 Å². The minimum Gasteiger partial charge on any atom is -0.326 e. The predicted octanol–water partition coefficient (Wildman–Crippen LogP) is 1.98. The first-order valence-electron chi connectivity index (χ1n) is 4.96. The van der Waals surface area contributed by atoms with Gasteiger partial charge in [0.2, 0.25) is 0 Å². The number of rotatable bonds is 2. The highest BCUT2D eigenvalue weighted by atomic mass is 79.9. The Morgan fingerprint density at radius 1 is 1.36 bits per heavy atom. The van der Waals surface area contributed by atoms with Gasteiger partial charge in [0.1, 0.15) is 0 Å². The molecule has 1 heterocycles. The van der Waals surface area contributed by atoms with Gasteiger partial charge in [-0.05, 0) is 24.1 Å².